The molecule has 0 unspecified atom stereocenters. The van der Waals surface area contributed by atoms with Crippen LogP contribution in [0.4, 0.5) is 5.82 Å². The summed E-state index contributed by atoms with van der Waals surface area (Å²) in [5.41, 5.74) is 0. The van der Waals surface area contributed by atoms with Gasteiger partial charge in [-0.2, -0.15) is 0 Å². The molecular weight excluding hydrogens is 264 g/mol. The van der Waals surface area contributed by atoms with Crippen LogP contribution in [0.3, 0.4) is 0 Å². The zero-order valence-electron chi connectivity index (χ0n) is 10.5. The molecule has 0 radical (unpaired) electrons. The van der Waals surface area contributed by atoms with E-state index in [4.69, 9.17) is 0 Å². The highest BCUT2D eigenvalue weighted by molar-refractivity contribution is 9.10. The van der Waals surface area contributed by atoms with Gasteiger partial charge in [0.05, 0.1) is 0 Å². The van der Waals surface area contributed by atoms with Gasteiger partial charge in [0.1, 0.15) is 5.82 Å². The normalized spacial score (nSPS) is 11.5. The van der Waals surface area contributed by atoms with Crippen LogP contribution in [0, 0.1) is 17.8 Å². The lowest BCUT2D eigenvalue weighted by atomic mass is 9.85. The van der Waals surface area contributed by atoms with Gasteiger partial charge in [-0.15, -0.1) is 0 Å². The number of pyridine rings is 1. The van der Waals surface area contributed by atoms with Crippen LogP contribution in [-0.2, 0) is 0 Å². The largest absolute Gasteiger partial charge is 0.370 e. The second-order valence-corrected chi connectivity index (χ2v) is 5.81. The number of hydrogen-bond acceptors (Lipinski definition) is 2. The molecule has 0 saturated carbocycles. The van der Waals surface area contributed by atoms with Crippen molar-refractivity contribution in [2.45, 2.75) is 27.7 Å². The summed E-state index contributed by atoms with van der Waals surface area (Å²) in [6.07, 6.45) is 1.82. The molecular formula is C13H21BrN2. The Bertz CT molecular complexity index is 298. The summed E-state index contributed by atoms with van der Waals surface area (Å²) in [4.78, 5) is 4.31. The molecule has 1 aromatic rings. The predicted molar refractivity (Wildman–Crippen MR) is 73.6 cm³/mol. The van der Waals surface area contributed by atoms with Gasteiger partial charge < -0.3 is 5.32 Å². The van der Waals surface area contributed by atoms with Crippen LogP contribution in [0.5, 0.6) is 0 Å². The van der Waals surface area contributed by atoms with E-state index in [0.29, 0.717) is 17.8 Å². The minimum atomic E-state index is 0.686. The maximum absolute atomic E-state index is 4.31. The second kappa shape index (κ2) is 6.24. The van der Waals surface area contributed by atoms with Gasteiger partial charge in [-0.25, -0.2) is 4.98 Å². The molecule has 1 N–H and O–H groups in total. The van der Waals surface area contributed by atoms with E-state index in [-0.39, 0.29) is 0 Å². The third-order valence-electron chi connectivity index (χ3n) is 2.96. The van der Waals surface area contributed by atoms with Crippen molar-refractivity contribution < 1.29 is 0 Å². The Morgan fingerprint density at radius 1 is 1.19 bits per heavy atom. The molecule has 1 aromatic heterocycles. The molecule has 0 saturated heterocycles. The van der Waals surface area contributed by atoms with E-state index in [0.717, 1.165) is 16.8 Å². The van der Waals surface area contributed by atoms with Gasteiger partial charge in [0.2, 0.25) is 0 Å². The van der Waals surface area contributed by atoms with Gasteiger partial charge in [0, 0.05) is 17.2 Å². The number of hydrogen-bond donors (Lipinski definition) is 1. The van der Waals surface area contributed by atoms with Crippen molar-refractivity contribution in [3.8, 4) is 0 Å². The average Bonchev–Trinajstić information content (AvgIpc) is 2.20. The number of nitrogens with one attached hydrogen (secondary N) is 1. The molecule has 3 heteroatoms. The summed E-state index contributed by atoms with van der Waals surface area (Å²) in [5.74, 6) is 3.03. The first kappa shape index (κ1) is 13.5. The van der Waals surface area contributed by atoms with E-state index in [2.05, 4.69) is 53.9 Å². The third kappa shape index (κ3) is 4.12. The summed E-state index contributed by atoms with van der Waals surface area (Å²) in [6.45, 7) is 10.1. The van der Waals surface area contributed by atoms with E-state index in [1.807, 2.05) is 18.3 Å². The fourth-order valence-corrected chi connectivity index (χ4v) is 2.18. The zero-order chi connectivity index (χ0) is 12.1. The molecule has 90 valence electrons. The van der Waals surface area contributed by atoms with Crippen molar-refractivity contribution in [1.82, 2.24) is 4.98 Å². The Balaban J connectivity index is 2.52. The molecule has 16 heavy (non-hydrogen) atoms. The number of rotatable bonds is 5. The maximum atomic E-state index is 4.31. The van der Waals surface area contributed by atoms with Crippen LogP contribution in [0.2, 0.25) is 0 Å². The number of aromatic nitrogens is 1. The van der Waals surface area contributed by atoms with Crippen molar-refractivity contribution in [3.05, 3.63) is 22.8 Å². The van der Waals surface area contributed by atoms with Crippen LogP contribution >= 0.6 is 15.9 Å². The van der Waals surface area contributed by atoms with E-state index in [1.54, 1.807) is 0 Å². The first-order valence-corrected chi connectivity index (χ1v) is 6.65. The lowest BCUT2D eigenvalue weighted by Gasteiger charge is -2.25. The predicted octanol–water partition coefficient (Wildman–Crippen LogP) is 4.18. The van der Waals surface area contributed by atoms with Gasteiger partial charge >= 0.3 is 0 Å². The Labute approximate surface area is 107 Å². The molecule has 0 aliphatic rings. The molecule has 0 aromatic carbocycles. The Morgan fingerprint density at radius 2 is 1.81 bits per heavy atom. The molecule has 2 nitrogen and oxygen atoms in total. The molecule has 0 spiro atoms. The van der Waals surface area contributed by atoms with Crippen molar-refractivity contribution in [3.63, 3.8) is 0 Å². The third-order valence-corrected chi connectivity index (χ3v) is 3.43. The van der Waals surface area contributed by atoms with Crippen molar-refractivity contribution in [2.75, 3.05) is 11.9 Å². The van der Waals surface area contributed by atoms with Gasteiger partial charge in [0.25, 0.3) is 0 Å². The quantitative estimate of drug-likeness (QED) is 0.877. The van der Waals surface area contributed by atoms with Gasteiger partial charge in [0.15, 0.2) is 0 Å². The standard InChI is InChI=1S/C13H21BrN2/c1-9(2)12(10(3)4)8-16-13-6-5-11(14)7-15-13/h5-7,9-10,12H,8H2,1-4H3,(H,15,16). The summed E-state index contributed by atoms with van der Waals surface area (Å²) in [5, 5.41) is 3.40. The molecule has 1 heterocycles. The smallest absolute Gasteiger partial charge is 0.125 e. The fourth-order valence-electron chi connectivity index (χ4n) is 1.94. The van der Waals surface area contributed by atoms with Gasteiger partial charge in [-0.1, -0.05) is 27.7 Å². The van der Waals surface area contributed by atoms with Crippen LogP contribution in [0.15, 0.2) is 22.8 Å². The molecule has 0 aliphatic heterocycles. The molecule has 1 rings (SSSR count). The van der Waals surface area contributed by atoms with Crippen LogP contribution < -0.4 is 5.32 Å². The zero-order valence-corrected chi connectivity index (χ0v) is 12.1. The summed E-state index contributed by atoms with van der Waals surface area (Å²) < 4.78 is 1.02. The van der Waals surface area contributed by atoms with Gasteiger partial charge in [-0.3, -0.25) is 0 Å². The van der Waals surface area contributed by atoms with Crippen molar-refractivity contribution in [2.24, 2.45) is 17.8 Å². The Morgan fingerprint density at radius 3 is 2.25 bits per heavy atom. The average molecular weight is 285 g/mol. The SMILES string of the molecule is CC(C)C(CNc1ccc(Br)cn1)C(C)C. The highest BCUT2D eigenvalue weighted by Crippen LogP contribution is 2.21. The molecule has 0 bridgehead atoms. The minimum Gasteiger partial charge on any atom is -0.370 e. The maximum Gasteiger partial charge on any atom is 0.125 e. The van der Waals surface area contributed by atoms with E-state index in [9.17, 15) is 0 Å². The first-order valence-electron chi connectivity index (χ1n) is 5.86. The summed E-state index contributed by atoms with van der Waals surface area (Å²) >= 11 is 3.38. The monoisotopic (exact) mass is 284 g/mol. The summed E-state index contributed by atoms with van der Waals surface area (Å²) in [7, 11) is 0. The highest BCUT2D eigenvalue weighted by Gasteiger charge is 2.16. The summed E-state index contributed by atoms with van der Waals surface area (Å²) in [6, 6.07) is 4.01. The lowest BCUT2D eigenvalue weighted by molar-refractivity contribution is 0.304. The molecule has 0 amide bonds. The second-order valence-electron chi connectivity index (χ2n) is 4.89. The molecule has 0 atom stereocenters. The number of anilines is 1. The highest BCUT2D eigenvalue weighted by atomic mass is 79.9. The molecule has 0 fully saturated rings. The minimum absolute atomic E-state index is 0.686. The topological polar surface area (TPSA) is 24.9 Å². The van der Waals surface area contributed by atoms with Crippen molar-refractivity contribution in [1.29, 1.82) is 0 Å². The fraction of sp³-hybridized carbons (Fsp3) is 0.615. The number of nitrogens with zero attached hydrogens (tertiary/aromatic N) is 1. The first-order chi connectivity index (χ1) is 7.50. The van der Waals surface area contributed by atoms with Crippen LogP contribution in [-0.4, -0.2) is 11.5 Å². The Hall–Kier alpha value is -0.570. The van der Waals surface area contributed by atoms with Gasteiger partial charge in [-0.05, 0) is 45.8 Å². The van der Waals surface area contributed by atoms with E-state index in [1.165, 1.54) is 0 Å². The van der Waals surface area contributed by atoms with E-state index < -0.39 is 0 Å². The van der Waals surface area contributed by atoms with Crippen molar-refractivity contribution >= 4 is 21.7 Å². The Kier molecular flexibility index (Phi) is 5.26. The number of halogens is 1. The van der Waals surface area contributed by atoms with Crippen LogP contribution in [0.25, 0.3) is 0 Å². The lowest BCUT2D eigenvalue weighted by Crippen LogP contribution is -2.24. The van der Waals surface area contributed by atoms with Crippen LogP contribution in [0.1, 0.15) is 27.7 Å². The molecule has 0 aliphatic carbocycles. The van der Waals surface area contributed by atoms with E-state index >= 15 is 0 Å².